The second-order valence-electron chi connectivity index (χ2n) is 3.29. The summed E-state index contributed by atoms with van der Waals surface area (Å²) in [6.07, 6.45) is 0. The van der Waals surface area contributed by atoms with Crippen molar-refractivity contribution in [2.24, 2.45) is 5.73 Å². The summed E-state index contributed by atoms with van der Waals surface area (Å²) in [7, 11) is 0. The Morgan fingerprint density at radius 3 is 2.79 bits per heavy atom. The molecule has 4 nitrogen and oxygen atoms in total. The number of amides is 1. The monoisotopic (exact) mass is 190 g/mol. The highest BCUT2D eigenvalue weighted by Crippen LogP contribution is 2.26. The SMILES string of the molecule is Cc1cc(O)c2cc(C(N)=O)[nH]c2c1. The molecular formula is C10H10N2O2. The molecule has 0 radical (unpaired) electrons. The summed E-state index contributed by atoms with van der Waals surface area (Å²) >= 11 is 0. The molecule has 4 heteroatoms. The van der Waals surface area contributed by atoms with Crippen LogP contribution in [0.5, 0.6) is 5.75 Å². The summed E-state index contributed by atoms with van der Waals surface area (Å²) in [4.78, 5) is 13.7. The van der Waals surface area contributed by atoms with Crippen LogP contribution in [0.4, 0.5) is 0 Å². The van der Waals surface area contributed by atoms with Crippen molar-refractivity contribution in [3.63, 3.8) is 0 Å². The van der Waals surface area contributed by atoms with Crippen molar-refractivity contribution >= 4 is 16.8 Å². The van der Waals surface area contributed by atoms with Gasteiger partial charge in [-0.1, -0.05) is 0 Å². The number of aromatic nitrogens is 1. The number of nitrogens with two attached hydrogens (primary N) is 1. The molecule has 0 unspecified atom stereocenters. The van der Waals surface area contributed by atoms with Gasteiger partial charge in [-0.05, 0) is 30.7 Å². The number of rotatable bonds is 1. The van der Waals surface area contributed by atoms with Crippen LogP contribution in [0, 0.1) is 6.92 Å². The average molecular weight is 190 g/mol. The number of aromatic hydroxyl groups is 1. The second kappa shape index (κ2) is 2.77. The molecule has 0 saturated carbocycles. The van der Waals surface area contributed by atoms with Crippen LogP contribution in [0.25, 0.3) is 10.9 Å². The molecule has 0 aliphatic carbocycles. The summed E-state index contributed by atoms with van der Waals surface area (Å²) in [6, 6.07) is 5.04. The van der Waals surface area contributed by atoms with Gasteiger partial charge in [-0.25, -0.2) is 0 Å². The number of fused-ring (bicyclic) bond motifs is 1. The van der Waals surface area contributed by atoms with E-state index in [4.69, 9.17) is 5.73 Å². The number of phenols is 1. The van der Waals surface area contributed by atoms with E-state index in [1.165, 1.54) is 0 Å². The zero-order valence-electron chi connectivity index (χ0n) is 7.66. The highest BCUT2D eigenvalue weighted by Gasteiger charge is 2.08. The van der Waals surface area contributed by atoms with Crippen molar-refractivity contribution in [3.05, 3.63) is 29.5 Å². The first-order valence-electron chi connectivity index (χ1n) is 4.20. The van der Waals surface area contributed by atoms with Crippen molar-refractivity contribution in [2.45, 2.75) is 6.92 Å². The molecule has 2 rings (SSSR count). The highest BCUT2D eigenvalue weighted by molar-refractivity contribution is 5.98. The molecule has 0 aliphatic rings. The first-order chi connectivity index (χ1) is 6.58. The van der Waals surface area contributed by atoms with Crippen LogP contribution in [-0.4, -0.2) is 16.0 Å². The van der Waals surface area contributed by atoms with Crippen LogP contribution >= 0.6 is 0 Å². The maximum Gasteiger partial charge on any atom is 0.265 e. The number of phenolic OH excluding ortho intramolecular Hbond substituents is 1. The molecule has 1 aromatic carbocycles. The van der Waals surface area contributed by atoms with Crippen molar-refractivity contribution in [2.75, 3.05) is 0 Å². The average Bonchev–Trinajstić information content (AvgIpc) is 2.47. The molecule has 0 spiro atoms. The van der Waals surface area contributed by atoms with E-state index in [1.54, 1.807) is 12.1 Å². The summed E-state index contributed by atoms with van der Waals surface area (Å²) in [5, 5.41) is 10.2. The largest absolute Gasteiger partial charge is 0.507 e. The quantitative estimate of drug-likeness (QED) is 0.633. The highest BCUT2D eigenvalue weighted by atomic mass is 16.3. The Labute approximate surface area is 80.3 Å². The van der Waals surface area contributed by atoms with E-state index in [0.29, 0.717) is 11.1 Å². The standard InChI is InChI=1S/C10H10N2O2/c1-5-2-7-6(9(13)3-5)4-8(12-7)10(11)14/h2-4,12-13H,1H3,(H2,11,14). The van der Waals surface area contributed by atoms with Gasteiger partial charge in [0.1, 0.15) is 11.4 Å². The molecule has 2 aromatic rings. The van der Waals surface area contributed by atoms with Gasteiger partial charge in [-0.3, -0.25) is 4.79 Å². The van der Waals surface area contributed by atoms with E-state index in [2.05, 4.69) is 4.98 Å². The normalized spacial score (nSPS) is 10.6. The van der Waals surface area contributed by atoms with Crippen molar-refractivity contribution in [1.82, 2.24) is 4.98 Å². The number of carbonyl (C=O) groups is 1. The summed E-state index contributed by atoms with van der Waals surface area (Å²) in [5.74, 6) is -0.373. The lowest BCUT2D eigenvalue weighted by atomic mass is 10.1. The van der Waals surface area contributed by atoms with Gasteiger partial charge in [0.25, 0.3) is 5.91 Å². The van der Waals surface area contributed by atoms with Gasteiger partial charge in [-0.15, -0.1) is 0 Å². The molecule has 0 aliphatic heterocycles. The lowest BCUT2D eigenvalue weighted by molar-refractivity contribution is 0.0996. The maximum absolute atomic E-state index is 10.9. The number of primary amides is 1. The maximum atomic E-state index is 10.9. The Bertz CT molecular complexity index is 514. The summed E-state index contributed by atoms with van der Waals surface area (Å²) < 4.78 is 0. The molecule has 0 bridgehead atoms. The lowest BCUT2D eigenvalue weighted by Gasteiger charge is -1.96. The number of aryl methyl sites for hydroxylation is 1. The fraction of sp³-hybridized carbons (Fsp3) is 0.100. The molecule has 0 fully saturated rings. The van der Waals surface area contributed by atoms with Gasteiger partial charge in [0, 0.05) is 10.9 Å². The fourth-order valence-corrected chi connectivity index (χ4v) is 1.49. The zero-order chi connectivity index (χ0) is 10.3. The second-order valence-corrected chi connectivity index (χ2v) is 3.29. The zero-order valence-corrected chi connectivity index (χ0v) is 7.66. The van der Waals surface area contributed by atoms with Crippen LogP contribution in [0.3, 0.4) is 0 Å². The van der Waals surface area contributed by atoms with Crippen LogP contribution in [0.15, 0.2) is 18.2 Å². The van der Waals surface area contributed by atoms with Gasteiger partial charge < -0.3 is 15.8 Å². The Morgan fingerprint density at radius 1 is 1.43 bits per heavy atom. The minimum atomic E-state index is -0.529. The number of benzene rings is 1. The summed E-state index contributed by atoms with van der Waals surface area (Å²) in [6.45, 7) is 1.87. The Morgan fingerprint density at radius 2 is 2.14 bits per heavy atom. The predicted molar refractivity (Wildman–Crippen MR) is 53.2 cm³/mol. The van der Waals surface area contributed by atoms with Gasteiger partial charge >= 0.3 is 0 Å². The topological polar surface area (TPSA) is 79.1 Å². The van der Waals surface area contributed by atoms with Crippen molar-refractivity contribution in [3.8, 4) is 5.75 Å². The van der Waals surface area contributed by atoms with Crippen molar-refractivity contribution < 1.29 is 9.90 Å². The molecule has 1 heterocycles. The third kappa shape index (κ3) is 1.21. The van der Waals surface area contributed by atoms with E-state index < -0.39 is 5.91 Å². The van der Waals surface area contributed by atoms with Crippen LogP contribution in [0.1, 0.15) is 16.1 Å². The first-order valence-corrected chi connectivity index (χ1v) is 4.20. The van der Waals surface area contributed by atoms with E-state index >= 15 is 0 Å². The third-order valence-corrected chi connectivity index (χ3v) is 2.13. The van der Waals surface area contributed by atoms with Crippen LogP contribution < -0.4 is 5.73 Å². The minimum absolute atomic E-state index is 0.156. The van der Waals surface area contributed by atoms with E-state index in [0.717, 1.165) is 11.1 Å². The number of carbonyl (C=O) groups excluding carboxylic acids is 1. The number of hydrogen-bond acceptors (Lipinski definition) is 2. The Kier molecular flexibility index (Phi) is 1.70. The molecule has 72 valence electrons. The van der Waals surface area contributed by atoms with Crippen molar-refractivity contribution in [1.29, 1.82) is 0 Å². The van der Waals surface area contributed by atoms with Gasteiger partial charge in [0.2, 0.25) is 0 Å². The molecule has 1 aromatic heterocycles. The number of nitrogens with one attached hydrogen (secondary N) is 1. The van der Waals surface area contributed by atoms with E-state index in [9.17, 15) is 9.90 Å². The van der Waals surface area contributed by atoms with E-state index in [1.807, 2.05) is 13.0 Å². The molecule has 14 heavy (non-hydrogen) atoms. The Hall–Kier alpha value is -1.97. The smallest absolute Gasteiger partial charge is 0.265 e. The third-order valence-electron chi connectivity index (χ3n) is 2.13. The molecule has 1 amide bonds. The number of H-pyrrole nitrogens is 1. The van der Waals surface area contributed by atoms with Gasteiger partial charge in [0.05, 0.1) is 0 Å². The number of hydrogen-bond donors (Lipinski definition) is 3. The molecular weight excluding hydrogens is 180 g/mol. The Balaban J connectivity index is 2.76. The fourth-order valence-electron chi connectivity index (χ4n) is 1.49. The summed E-state index contributed by atoms with van der Waals surface area (Å²) in [5.41, 5.74) is 7.06. The van der Waals surface area contributed by atoms with Gasteiger partial charge in [-0.2, -0.15) is 0 Å². The van der Waals surface area contributed by atoms with Crippen LogP contribution in [0.2, 0.25) is 0 Å². The molecule has 4 N–H and O–H groups in total. The number of aromatic amines is 1. The molecule has 0 saturated heterocycles. The molecule has 0 atom stereocenters. The van der Waals surface area contributed by atoms with Gasteiger partial charge in [0.15, 0.2) is 0 Å². The first kappa shape index (κ1) is 8.62. The van der Waals surface area contributed by atoms with E-state index in [-0.39, 0.29) is 5.75 Å². The lowest BCUT2D eigenvalue weighted by Crippen LogP contribution is -2.10. The predicted octanol–water partition coefficient (Wildman–Crippen LogP) is 1.28. The van der Waals surface area contributed by atoms with Crippen LogP contribution in [-0.2, 0) is 0 Å². The minimum Gasteiger partial charge on any atom is -0.507 e.